The summed E-state index contributed by atoms with van der Waals surface area (Å²) < 4.78 is 1.84. The Morgan fingerprint density at radius 3 is 3.09 bits per heavy atom. The van der Waals surface area contributed by atoms with Crippen LogP contribution in [-0.2, 0) is 6.42 Å². The first-order chi connectivity index (χ1) is 11.3. The summed E-state index contributed by atoms with van der Waals surface area (Å²) >= 11 is 0. The Kier molecular flexibility index (Phi) is 3.31. The van der Waals surface area contributed by atoms with E-state index in [1.54, 1.807) is 18.5 Å². The van der Waals surface area contributed by atoms with Crippen molar-refractivity contribution in [2.75, 3.05) is 6.54 Å². The molecule has 0 unspecified atom stereocenters. The number of H-pyrrole nitrogens is 1. The lowest BCUT2D eigenvalue weighted by Gasteiger charge is -2.05. The number of benzene rings is 1. The van der Waals surface area contributed by atoms with Crippen molar-refractivity contribution in [3.63, 3.8) is 0 Å². The summed E-state index contributed by atoms with van der Waals surface area (Å²) in [6.45, 7) is 0.600. The molecule has 1 amide bonds. The average Bonchev–Trinajstić information content (AvgIpc) is 3.21. The van der Waals surface area contributed by atoms with E-state index in [0.717, 1.165) is 17.6 Å². The summed E-state index contributed by atoms with van der Waals surface area (Å²) in [4.78, 5) is 19.7. The van der Waals surface area contributed by atoms with Gasteiger partial charge in [0.05, 0.1) is 5.56 Å². The molecule has 0 aliphatic heterocycles. The van der Waals surface area contributed by atoms with Gasteiger partial charge in [0.1, 0.15) is 5.65 Å². The molecule has 5 nitrogen and oxygen atoms in total. The van der Waals surface area contributed by atoms with Crippen molar-refractivity contribution >= 4 is 22.5 Å². The number of para-hydroxylation sites is 1. The molecular weight excluding hydrogens is 288 g/mol. The van der Waals surface area contributed by atoms with Crippen LogP contribution < -0.4 is 5.32 Å². The highest BCUT2D eigenvalue weighted by Crippen LogP contribution is 2.17. The van der Waals surface area contributed by atoms with Crippen molar-refractivity contribution in [3.8, 4) is 0 Å². The number of hydrogen-bond acceptors (Lipinski definition) is 2. The lowest BCUT2D eigenvalue weighted by molar-refractivity contribution is 0.0953. The molecule has 0 spiro atoms. The number of hydrogen-bond donors (Lipinski definition) is 2. The molecule has 0 fully saturated rings. The number of imidazole rings is 1. The van der Waals surface area contributed by atoms with Crippen LogP contribution in [0.1, 0.15) is 15.9 Å². The molecule has 0 bridgehead atoms. The Labute approximate surface area is 133 Å². The lowest BCUT2D eigenvalue weighted by Crippen LogP contribution is -2.25. The Hall–Kier alpha value is -3.08. The third-order valence-corrected chi connectivity index (χ3v) is 4.01. The molecule has 0 radical (unpaired) electrons. The van der Waals surface area contributed by atoms with Gasteiger partial charge >= 0.3 is 0 Å². The van der Waals surface area contributed by atoms with Crippen LogP contribution >= 0.6 is 0 Å². The Morgan fingerprint density at radius 2 is 2.13 bits per heavy atom. The van der Waals surface area contributed by atoms with Crippen molar-refractivity contribution in [3.05, 3.63) is 72.3 Å². The zero-order valence-corrected chi connectivity index (χ0v) is 12.5. The van der Waals surface area contributed by atoms with E-state index < -0.39 is 0 Å². The molecule has 0 saturated heterocycles. The summed E-state index contributed by atoms with van der Waals surface area (Å²) in [6.07, 6.45) is 8.15. The van der Waals surface area contributed by atoms with E-state index in [1.807, 2.05) is 35.0 Å². The Bertz CT molecular complexity index is 983. The molecule has 3 heterocycles. The molecule has 0 saturated carbocycles. The summed E-state index contributed by atoms with van der Waals surface area (Å²) in [5, 5.41) is 4.18. The highest BCUT2D eigenvalue weighted by atomic mass is 16.1. The minimum absolute atomic E-state index is 0.0690. The monoisotopic (exact) mass is 304 g/mol. The predicted octanol–water partition coefficient (Wildman–Crippen LogP) is 2.79. The second-order valence-corrected chi connectivity index (χ2v) is 5.48. The van der Waals surface area contributed by atoms with Gasteiger partial charge in [-0.2, -0.15) is 0 Å². The zero-order chi connectivity index (χ0) is 15.6. The minimum atomic E-state index is -0.0690. The number of nitrogens with zero attached hydrogens (tertiary/aromatic N) is 2. The highest BCUT2D eigenvalue weighted by Gasteiger charge is 2.07. The van der Waals surface area contributed by atoms with Gasteiger partial charge in [0.15, 0.2) is 0 Å². The molecule has 114 valence electrons. The van der Waals surface area contributed by atoms with Crippen molar-refractivity contribution < 1.29 is 4.79 Å². The normalized spacial score (nSPS) is 11.1. The molecule has 4 rings (SSSR count). The van der Waals surface area contributed by atoms with Crippen LogP contribution in [0.4, 0.5) is 0 Å². The largest absolute Gasteiger partial charge is 0.361 e. The van der Waals surface area contributed by atoms with Crippen LogP contribution in [0.5, 0.6) is 0 Å². The third kappa shape index (κ3) is 2.57. The van der Waals surface area contributed by atoms with Gasteiger partial charge in [-0.05, 0) is 30.2 Å². The van der Waals surface area contributed by atoms with Crippen LogP contribution in [0.2, 0.25) is 0 Å². The van der Waals surface area contributed by atoms with Crippen LogP contribution in [0.15, 0.2) is 61.2 Å². The number of carbonyl (C=O) groups is 1. The van der Waals surface area contributed by atoms with E-state index in [2.05, 4.69) is 27.4 Å². The van der Waals surface area contributed by atoms with E-state index in [0.29, 0.717) is 12.1 Å². The molecular formula is C18H16N4O. The quantitative estimate of drug-likeness (QED) is 0.609. The lowest BCUT2D eigenvalue weighted by atomic mass is 10.1. The van der Waals surface area contributed by atoms with Crippen LogP contribution in [0, 0.1) is 0 Å². The number of carbonyl (C=O) groups excluding carboxylic acids is 1. The molecule has 0 aliphatic carbocycles. The van der Waals surface area contributed by atoms with Gasteiger partial charge in [-0.25, -0.2) is 4.98 Å². The molecule has 23 heavy (non-hydrogen) atoms. The van der Waals surface area contributed by atoms with E-state index in [4.69, 9.17) is 0 Å². The van der Waals surface area contributed by atoms with Crippen molar-refractivity contribution in [1.29, 1.82) is 0 Å². The van der Waals surface area contributed by atoms with Gasteiger partial charge < -0.3 is 14.7 Å². The van der Waals surface area contributed by atoms with E-state index in [9.17, 15) is 4.79 Å². The molecule has 2 N–H and O–H groups in total. The van der Waals surface area contributed by atoms with E-state index in [-0.39, 0.29) is 5.91 Å². The highest BCUT2D eigenvalue weighted by molar-refractivity contribution is 5.94. The fourth-order valence-corrected chi connectivity index (χ4v) is 2.81. The number of amides is 1. The zero-order valence-electron chi connectivity index (χ0n) is 12.5. The van der Waals surface area contributed by atoms with Crippen molar-refractivity contribution in [2.24, 2.45) is 0 Å². The number of rotatable bonds is 4. The summed E-state index contributed by atoms with van der Waals surface area (Å²) in [5.74, 6) is -0.0690. The SMILES string of the molecule is O=C(NCCc1c[nH]c2ccccc12)c1ccc2nccn2c1. The number of aromatic nitrogens is 3. The van der Waals surface area contributed by atoms with Crippen LogP contribution in [-0.4, -0.2) is 26.8 Å². The average molecular weight is 304 g/mol. The Morgan fingerprint density at radius 1 is 1.22 bits per heavy atom. The smallest absolute Gasteiger partial charge is 0.252 e. The van der Waals surface area contributed by atoms with Crippen molar-refractivity contribution in [2.45, 2.75) is 6.42 Å². The van der Waals surface area contributed by atoms with Gasteiger partial charge in [0.25, 0.3) is 5.91 Å². The van der Waals surface area contributed by atoms with E-state index >= 15 is 0 Å². The van der Waals surface area contributed by atoms with Gasteiger partial charge in [-0.1, -0.05) is 18.2 Å². The van der Waals surface area contributed by atoms with Gasteiger partial charge in [-0.3, -0.25) is 4.79 Å². The molecule has 3 aromatic heterocycles. The molecule has 0 aliphatic rings. The van der Waals surface area contributed by atoms with Crippen LogP contribution in [0.25, 0.3) is 16.6 Å². The number of pyridine rings is 1. The number of fused-ring (bicyclic) bond motifs is 2. The molecule has 5 heteroatoms. The maximum Gasteiger partial charge on any atom is 0.252 e. The molecule has 1 aromatic carbocycles. The second kappa shape index (κ2) is 5.61. The topological polar surface area (TPSA) is 62.2 Å². The fraction of sp³-hybridized carbons (Fsp3) is 0.111. The molecule has 4 aromatic rings. The number of nitrogens with one attached hydrogen (secondary N) is 2. The molecule has 0 atom stereocenters. The van der Waals surface area contributed by atoms with Gasteiger partial charge in [-0.15, -0.1) is 0 Å². The van der Waals surface area contributed by atoms with Crippen molar-refractivity contribution in [1.82, 2.24) is 19.7 Å². The summed E-state index contributed by atoms with van der Waals surface area (Å²) in [6, 6.07) is 11.8. The second-order valence-electron chi connectivity index (χ2n) is 5.48. The third-order valence-electron chi connectivity index (χ3n) is 4.01. The first-order valence-electron chi connectivity index (χ1n) is 7.57. The van der Waals surface area contributed by atoms with Crippen LogP contribution in [0.3, 0.4) is 0 Å². The first-order valence-corrected chi connectivity index (χ1v) is 7.57. The van der Waals surface area contributed by atoms with E-state index in [1.165, 1.54) is 10.9 Å². The predicted molar refractivity (Wildman–Crippen MR) is 89.5 cm³/mol. The maximum atomic E-state index is 12.2. The van der Waals surface area contributed by atoms with Gasteiger partial charge in [0, 0.05) is 42.2 Å². The maximum absolute atomic E-state index is 12.2. The number of aromatic amines is 1. The minimum Gasteiger partial charge on any atom is -0.361 e. The standard InChI is InChI=1S/C18H16N4O/c23-18(14-5-6-17-19-9-10-22(17)12-14)20-8-7-13-11-21-16-4-2-1-3-15(13)16/h1-6,9-12,21H,7-8H2,(H,20,23). The fourth-order valence-electron chi connectivity index (χ4n) is 2.81. The summed E-state index contributed by atoms with van der Waals surface area (Å²) in [7, 11) is 0. The Balaban J connectivity index is 1.43. The van der Waals surface area contributed by atoms with Gasteiger partial charge in [0.2, 0.25) is 0 Å². The summed E-state index contributed by atoms with van der Waals surface area (Å²) in [5.41, 5.74) is 3.81. The first kappa shape index (κ1) is 13.6.